The molecule has 3 aromatic carbocycles. The minimum Gasteiger partial charge on any atom is -0.508 e. The van der Waals surface area contributed by atoms with E-state index >= 15 is 8.78 Å². The molecule has 4 amide bonds. The number of ether oxygens (including phenoxy) is 2. The lowest BCUT2D eigenvalue weighted by molar-refractivity contribution is -0.144. The number of nitrogens with one attached hydrogen (secondary N) is 4. The number of aliphatic hydroxyl groups is 1. The molecule has 484 valence electrons. The molecule has 19 nitrogen and oxygen atoms in total. The molecule has 8 atom stereocenters. The number of phenolic OH excluding ortho intramolecular Hbond substituents is 1. The standard InChI is InChI=1S/C69H85F2N11O8S/c1-7-51-54(70)25-22-45-31-49(83)32-52(57(45)51)59-58(71)60-53(34-73-59)63(80-35-46-23-24-47(36-80)76-46)79-66(78-60)90-39-69-27-16-30-82(69)48(26-28-69)38-89-67(88)72-29-15-13-11-9-8-10-12-14-17-56(85)77-62(68(4,5)6)65(87)81-37-50(84)33-55(81)64(86)75-41(2)43-18-20-44(21-19-43)61-42(3)74-40-91-61/h1,18-22,25,31-32,34,40-41,46-48,50,55,62,76,83-84H,8-17,23-24,26-30,33,35-39H2,2-6H3,(H,72,88)(H,75,86)(H,77,85)/t41-,46?,47?,48+,50+,55-,62+,69?/m0/s1. The number of phenols is 1. The summed E-state index contributed by atoms with van der Waals surface area (Å²) in [6, 6.07) is 11.9. The van der Waals surface area contributed by atoms with Gasteiger partial charge in [0.1, 0.15) is 53.9 Å². The predicted molar refractivity (Wildman–Crippen MR) is 346 cm³/mol. The Labute approximate surface area is 534 Å². The number of carbonyl (C=O) groups is 4. The van der Waals surface area contributed by atoms with Crippen LogP contribution in [0.15, 0.2) is 60.2 Å². The van der Waals surface area contributed by atoms with Crippen LogP contribution in [0.2, 0.25) is 0 Å². The Morgan fingerprint density at radius 2 is 1.66 bits per heavy atom. The first-order chi connectivity index (χ1) is 43.8. The second kappa shape index (κ2) is 28.1. The number of benzene rings is 3. The molecular weight excluding hydrogens is 1180 g/mol. The summed E-state index contributed by atoms with van der Waals surface area (Å²) in [4.78, 5) is 79.8. The third kappa shape index (κ3) is 14.5. The average molecular weight is 1270 g/mol. The van der Waals surface area contributed by atoms with Crippen molar-refractivity contribution >= 4 is 62.6 Å². The lowest BCUT2D eigenvalue weighted by Crippen LogP contribution is -2.57. The molecule has 5 saturated heterocycles. The number of aromatic nitrogens is 4. The first-order valence-electron chi connectivity index (χ1n) is 32.5. The molecule has 3 aromatic heterocycles. The zero-order valence-electron chi connectivity index (χ0n) is 52.8. The summed E-state index contributed by atoms with van der Waals surface area (Å²) in [6.07, 6.45) is 19.2. The van der Waals surface area contributed by atoms with E-state index in [9.17, 15) is 29.4 Å². The van der Waals surface area contributed by atoms with Crippen LogP contribution in [0, 0.1) is 36.3 Å². The van der Waals surface area contributed by atoms with Gasteiger partial charge in [0.05, 0.1) is 44.7 Å². The molecule has 0 spiro atoms. The summed E-state index contributed by atoms with van der Waals surface area (Å²) >= 11 is 1.58. The number of unbranched alkanes of at least 4 members (excludes halogenated alkanes) is 7. The van der Waals surface area contributed by atoms with E-state index in [1.54, 1.807) is 11.3 Å². The van der Waals surface area contributed by atoms with Crippen molar-refractivity contribution in [2.75, 3.05) is 50.8 Å². The van der Waals surface area contributed by atoms with Crippen molar-refractivity contribution < 1.29 is 47.6 Å². The summed E-state index contributed by atoms with van der Waals surface area (Å²) in [5.41, 5.74) is 3.64. The third-order valence-electron chi connectivity index (χ3n) is 19.2. The number of anilines is 1. The van der Waals surface area contributed by atoms with Crippen LogP contribution in [0.3, 0.4) is 0 Å². The van der Waals surface area contributed by atoms with Gasteiger partial charge >= 0.3 is 12.1 Å². The number of halogens is 2. The van der Waals surface area contributed by atoms with Crippen molar-refractivity contribution in [1.82, 2.24) is 51.0 Å². The molecule has 5 aliphatic rings. The van der Waals surface area contributed by atoms with Crippen LogP contribution < -0.4 is 30.9 Å². The number of thiazole rings is 1. The van der Waals surface area contributed by atoms with Crippen molar-refractivity contribution in [3.63, 3.8) is 0 Å². The molecular formula is C69H85F2N11O8S. The number of fused-ring (bicyclic) bond motifs is 5. The van der Waals surface area contributed by atoms with Gasteiger partial charge < -0.3 is 50.8 Å². The van der Waals surface area contributed by atoms with E-state index in [-0.39, 0.29) is 120 Å². The van der Waals surface area contributed by atoms with Crippen molar-refractivity contribution in [3.05, 3.63) is 88.7 Å². The number of carbonyl (C=O) groups excluding carboxylic acids is 4. The molecule has 0 aliphatic carbocycles. The molecule has 6 aromatic rings. The highest BCUT2D eigenvalue weighted by atomic mass is 32.1. The maximum absolute atomic E-state index is 17.2. The van der Waals surface area contributed by atoms with E-state index < -0.39 is 41.3 Å². The molecule has 3 unspecified atom stereocenters. The molecule has 5 fully saturated rings. The monoisotopic (exact) mass is 1270 g/mol. The van der Waals surface area contributed by atoms with Gasteiger partial charge in [0, 0.05) is 74.3 Å². The predicted octanol–water partition coefficient (Wildman–Crippen LogP) is 10.2. The molecule has 11 rings (SSSR count). The Morgan fingerprint density at radius 1 is 0.923 bits per heavy atom. The maximum Gasteiger partial charge on any atom is 0.407 e. The van der Waals surface area contributed by atoms with Gasteiger partial charge in [0.15, 0.2) is 5.82 Å². The van der Waals surface area contributed by atoms with Gasteiger partial charge in [-0.2, -0.15) is 9.97 Å². The summed E-state index contributed by atoms with van der Waals surface area (Å²) in [6.45, 7) is 12.6. The number of aromatic hydroxyl groups is 1. The SMILES string of the molecule is C#Cc1c(F)ccc2cc(O)cc(-c3ncc4c(N5CC6CCC(C5)N6)nc(OCC56CCCN5[C@@H](COC(=O)NCCCCCCCCCCC(=O)N[C@H](C(=O)N5C[C@H](O)C[C@H]5C(=O)N[C@@H](C)c5ccc(-c7scnc7C)cc5)C(C)(C)C)CC6)nc4c3F)c12. The fraction of sp³-hybridized carbons (Fsp3) is 0.536. The highest BCUT2D eigenvalue weighted by molar-refractivity contribution is 7.13. The number of rotatable bonds is 24. The highest BCUT2D eigenvalue weighted by Crippen LogP contribution is 2.44. The van der Waals surface area contributed by atoms with Crippen LogP contribution in [0.5, 0.6) is 11.8 Å². The zero-order valence-corrected chi connectivity index (χ0v) is 53.6. The van der Waals surface area contributed by atoms with Crippen LogP contribution in [-0.4, -0.2) is 152 Å². The minimum atomic E-state index is -0.885. The summed E-state index contributed by atoms with van der Waals surface area (Å²) in [5, 5.41) is 35.1. The molecule has 8 heterocycles. The Balaban J connectivity index is 0.596. The number of hydrogen-bond donors (Lipinski definition) is 6. The third-order valence-corrected chi connectivity index (χ3v) is 20.2. The van der Waals surface area contributed by atoms with Crippen molar-refractivity contribution in [2.24, 2.45) is 5.41 Å². The Hall–Kier alpha value is -7.58. The number of hydrogen-bond acceptors (Lipinski definition) is 16. The average Bonchev–Trinajstić information content (AvgIpc) is 1.47. The van der Waals surface area contributed by atoms with E-state index in [0.717, 1.165) is 112 Å². The van der Waals surface area contributed by atoms with Crippen molar-refractivity contribution in [2.45, 2.75) is 185 Å². The number of aryl methyl sites for hydroxylation is 1. The molecule has 91 heavy (non-hydrogen) atoms. The number of piperazine rings is 1. The number of aliphatic hydroxyl groups excluding tert-OH is 1. The van der Waals surface area contributed by atoms with E-state index in [4.69, 9.17) is 25.9 Å². The molecule has 22 heteroatoms. The zero-order chi connectivity index (χ0) is 64.1. The van der Waals surface area contributed by atoms with Crippen LogP contribution in [0.25, 0.3) is 43.4 Å². The number of nitrogens with zero attached hydrogens (tertiary/aromatic N) is 7. The number of terminal acetylenes is 1. The minimum absolute atomic E-state index is 0.00331. The van der Waals surface area contributed by atoms with E-state index in [1.165, 1.54) is 35.4 Å². The normalized spacial score (nSPS) is 22.0. The fourth-order valence-electron chi connectivity index (χ4n) is 14.4. The maximum atomic E-state index is 17.2. The summed E-state index contributed by atoms with van der Waals surface area (Å²) in [7, 11) is 0. The van der Waals surface area contributed by atoms with Gasteiger partial charge in [0.2, 0.25) is 17.7 Å². The Kier molecular flexibility index (Phi) is 20.1. The topological polar surface area (TPSA) is 237 Å². The summed E-state index contributed by atoms with van der Waals surface area (Å²) < 4.78 is 44.7. The van der Waals surface area contributed by atoms with Gasteiger partial charge in [-0.25, -0.2) is 18.6 Å². The van der Waals surface area contributed by atoms with Crippen molar-refractivity contribution in [3.8, 4) is 45.8 Å². The van der Waals surface area contributed by atoms with Crippen molar-refractivity contribution in [1.29, 1.82) is 0 Å². The van der Waals surface area contributed by atoms with Gasteiger partial charge in [-0.05, 0) is 112 Å². The summed E-state index contributed by atoms with van der Waals surface area (Å²) in [5.74, 6) is 0.378. The van der Waals surface area contributed by atoms with E-state index in [0.29, 0.717) is 42.6 Å². The molecule has 2 bridgehead atoms. The second-order valence-corrected chi connectivity index (χ2v) is 27.6. The smallest absolute Gasteiger partial charge is 0.407 e. The first kappa shape index (κ1) is 64.9. The Morgan fingerprint density at radius 3 is 2.37 bits per heavy atom. The number of likely N-dealkylation sites (tertiary alicyclic amines) is 1. The van der Waals surface area contributed by atoms with Crippen LogP contribution in [-0.2, 0) is 19.1 Å². The first-order valence-corrected chi connectivity index (χ1v) is 33.3. The van der Waals surface area contributed by atoms with Gasteiger partial charge in [0.25, 0.3) is 0 Å². The number of pyridine rings is 1. The Bertz CT molecular complexity index is 3680. The van der Waals surface area contributed by atoms with Crippen LogP contribution >= 0.6 is 11.3 Å². The fourth-order valence-corrected chi connectivity index (χ4v) is 15.2. The number of amides is 4. The lowest BCUT2D eigenvalue weighted by Gasteiger charge is -2.35. The highest BCUT2D eigenvalue weighted by Gasteiger charge is 2.51. The van der Waals surface area contributed by atoms with E-state index in [2.05, 4.69) is 47.0 Å². The van der Waals surface area contributed by atoms with Gasteiger partial charge in [-0.1, -0.05) is 95.5 Å². The molecule has 0 saturated carbocycles. The largest absolute Gasteiger partial charge is 0.508 e. The molecule has 0 radical (unpaired) electrons. The van der Waals surface area contributed by atoms with E-state index in [1.807, 2.05) is 64.4 Å². The quantitative estimate of drug-likeness (QED) is 0.0244. The van der Waals surface area contributed by atoms with Gasteiger partial charge in [-0.15, -0.1) is 17.8 Å². The number of β-amino-alcohol motifs (C(OH)–C–C–N with tert-alkyl or cyclic N) is 1. The molecule has 6 N–H and O–H groups in total. The van der Waals surface area contributed by atoms with Crippen LogP contribution in [0.1, 0.15) is 153 Å². The second-order valence-electron chi connectivity index (χ2n) is 26.7. The molecule has 5 aliphatic heterocycles. The lowest BCUT2D eigenvalue weighted by atomic mass is 9.85. The number of alkyl carbamates (subject to hydrolysis) is 1. The van der Waals surface area contributed by atoms with Gasteiger partial charge in [-0.3, -0.25) is 24.3 Å². The van der Waals surface area contributed by atoms with Crippen LogP contribution in [0.4, 0.5) is 19.4 Å².